The van der Waals surface area contributed by atoms with Crippen LogP contribution in [0.25, 0.3) is 5.52 Å². The third-order valence-electron chi connectivity index (χ3n) is 3.64. The van der Waals surface area contributed by atoms with E-state index in [4.69, 9.17) is 0 Å². The summed E-state index contributed by atoms with van der Waals surface area (Å²) in [5.74, 6) is 0.952. The van der Waals surface area contributed by atoms with Crippen molar-refractivity contribution < 1.29 is 0 Å². The topological polar surface area (TPSA) is 56.4 Å². The zero-order valence-corrected chi connectivity index (χ0v) is 11.2. The van der Waals surface area contributed by atoms with Gasteiger partial charge in [0.25, 0.3) is 0 Å². The highest BCUT2D eigenvalue weighted by molar-refractivity contribution is 5.62. The molecule has 1 N–H and O–H groups in total. The Labute approximate surface area is 112 Å². The maximum atomic E-state index is 9.21. The first-order chi connectivity index (χ1) is 9.20. The first-order valence-corrected chi connectivity index (χ1v) is 6.53. The van der Waals surface area contributed by atoms with Crippen molar-refractivity contribution in [3.63, 3.8) is 0 Å². The summed E-state index contributed by atoms with van der Waals surface area (Å²) >= 11 is 0. The minimum atomic E-state index is 0.256. The molecular weight excluding hydrogens is 238 g/mol. The summed E-state index contributed by atoms with van der Waals surface area (Å²) in [5, 5.41) is 12.7. The molecule has 0 radical (unpaired) electrons. The van der Waals surface area contributed by atoms with Crippen molar-refractivity contribution in [2.24, 2.45) is 0 Å². The lowest BCUT2D eigenvalue weighted by Gasteiger charge is -2.14. The molecule has 0 aromatic carbocycles. The van der Waals surface area contributed by atoms with E-state index < -0.39 is 0 Å². The van der Waals surface area contributed by atoms with Crippen LogP contribution in [0, 0.1) is 11.3 Å². The fraction of sp³-hybridized carbons (Fsp3) is 0.429. The SMILES string of the molecule is CN(C)c1ccc2c(C#N)nc(C3CCCN3)n2c1. The molecule has 0 amide bonds. The number of imidazole rings is 1. The van der Waals surface area contributed by atoms with Crippen LogP contribution in [0.1, 0.15) is 30.4 Å². The van der Waals surface area contributed by atoms with E-state index in [0.29, 0.717) is 5.69 Å². The summed E-state index contributed by atoms with van der Waals surface area (Å²) in [7, 11) is 4.02. The predicted octanol–water partition coefficient (Wildman–Crippen LogP) is 1.70. The van der Waals surface area contributed by atoms with Crippen LogP contribution in [0.5, 0.6) is 0 Å². The normalized spacial score (nSPS) is 18.7. The number of nitrogens with one attached hydrogen (secondary N) is 1. The highest BCUT2D eigenvalue weighted by atomic mass is 15.1. The Kier molecular flexibility index (Phi) is 2.88. The van der Waals surface area contributed by atoms with E-state index in [1.54, 1.807) is 0 Å². The third kappa shape index (κ3) is 1.94. The average molecular weight is 255 g/mol. The van der Waals surface area contributed by atoms with Gasteiger partial charge in [0.2, 0.25) is 0 Å². The van der Waals surface area contributed by atoms with E-state index in [1.165, 1.54) is 0 Å². The number of pyridine rings is 1. The Bertz CT molecular complexity index is 644. The maximum Gasteiger partial charge on any atom is 0.166 e. The zero-order valence-electron chi connectivity index (χ0n) is 11.2. The summed E-state index contributed by atoms with van der Waals surface area (Å²) < 4.78 is 2.05. The fourth-order valence-corrected chi connectivity index (χ4v) is 2.60. The Morgan fingerprint density at radius 2 is 2.32 bits per heavy atom. The van der Waals surface area contributed by atoms with Gasteiger partial charge in [0.15, 0.2) is 5.69 Å². The zero-order chi connectivity index (χ0) is 13.4. The predicted molar refractivity (Wildman–Crippen MR) is 74.2 cm³/mol. The van der Waals surface area contributed by atoms with Crippen LogP contribution in [0.15, 0.2) is 18.3 Å². The molecule has 3 rings (SSSR count). The van der Waals surface area contributed by atoms with Crippen LogP contribution in [0.3, 0.4) is 0 Å². The lowest BCUT2D eigenvalue weighted by Crippen LogP contribution is -2.16. The highest BCUT2D eigenvalue weighted by Gasteiger charge is 2.23. The van der Waals surface area contributed by atoms with Gasteiger partial charge in [-0.3, -0.25) is 4.40 Å². The van der Waals surface area contributed by atoms with Gasteiger partial charge in [-0.05, 0) is 31.5 Å². The van der Waals surface area contributed by atoms with Gasteiger partial charge in [-0.25, -0.2) is 4.98 Å². The maximum absolute atomic E-state index is 9.21. The number of anilines is 1. The molecule has 5 nitrogen and oxygen atoms in total. The molecule has 5 heteroatoms. The minimum Gasteiger partial charge on any atom is -0.376 e. The van der Waals surface area contributed by atoms with Crippen molar-refractivity contribution >= 4 is 11.2 Å². The summed E-state index contributed by atoms with van der Waals surface area (Å²) in [6.07, 6.45) is 4.30. The van der Waals surface area contributed by atoms with Gasteiger partial charge in [-0.15, -0.1) is 0 Å². The van der Waals surface area contributed by atoms with E-state index in [-0.39, 0.29) is 6.04 Å². The van der Waals surface area contributed by atoms with Gasteiger partial charge in [0.05, 0.1) is 17.2 Å². The van der Waals surface area contributed by atoms with Crippen molar-refractivity contribution in [2.75, 3.05) is 25.5 Å². The van der Waals surface area contributed by atoms with Crippen molar-refractivity contribution in [1.29, 1.82) is 5.26 Å². The molecule has 2 aromatic heterocycles. The number of hydrogen-bond acceptors (Lipinski definition) is 4. The molecule has 19 heavy (non-hydrogen) atoms. The largest absolute Gasteiger partial charge is 0.376 e. The smallest absolute Gasteiger partial charge is 0.166 e. The lowest BCUT2D eigenvalue weighted by atomic mass is 10.2. The van der Waals surface area contributed by atoms with E-state index in [9.17, 15) is 5.26 Å². The van der Waals surface area contributed by atoms with Crippen LogP contribution < -0.4 is 10.2 Å². The van der Waals surface area contributed by atoms with Crippen molar-refractivity contribution in [3.8, 4) is 6.07 Å². The van der Waals surface area contributed by atoms with Gasteiger partial charge in [-0.1, -0.05) is 0 Å². The van der Waals surface area contributed by atoms with Crippen LogP contribution in [-0.4, -0.2) is 30.0 Å². The standard InChI is InChI=1S/C14H17N5/c1-18(2)10-5-6-13-12(8-15)17-14(19(13)9-10)11-4-3-7-16-11/h5-6,9,11,16H,3-4,7H2,1-2H3. The average Bonchev–Trinajstić information content (AvgIpc) is 3.04. The molecular formula is C14H17N5. The molecule has 1 saturated heterocycles. The number of hydrogen-bond donors (Lipinski definition) is 1. The first kappa shape index (κ1) is 12.0. The first-order valence-electron chi connectivity index (χ1n) is 6.53. The summed E-state index contributed by atoms with van der Waals surface area (Å²) in [5.41, 5.74) is 2.50. The molecule has 0 aliphatic carbocycles. The van der Waals surface area contributed by atoms with Gasteiger partial charge in [0.1, 0.15) is 11.9 Å². The minimum absolute atomic E-state index is 0.256. The van der Waals surface area contributed by atoms with Crippen molar-refractivity contribution in [3.05, 3.63) is 29.8 Å². The third-order valence-corrected chi connectivity index (χ3v) is 3.64. The molecule has 1 aliphatic rings. The number of nitriles is 1. The molecule has 3 heterocycles. The Morgan fingerprint density at radius 1 is 1.47 bits per heavy atom. The summed E-state index contributed by atoms with van der Waals surface area (Å²) in [6, 6.07) is 6.43. The molecule has 98 valence electrons. The van der Waals surface area contributed by atoms with E-state index in [1.807, 2.05) is 26.2 Å². The molecule has 1 unspecified atom stereocenters. The Hall–Kier alpha value is -2.06. The fourth-order valence-electron chi connectivity index (χ4n) is 2.60. The van der Waals surface area contributed by atoms with Crippen LogP contribution in [0.2, 0.25) is 0 Å². The molecule has 0 saturated carbocycles. The number of aromatic nitrogens is 2. The van der Waals surface area contributed by atoms with E-state index in [0.717, 1.165) is 36.4 Å². The second kappa shape index (κ2) is 4.56. The van der Waals surface area contributed by atoms with Crippen LogP contribution in [-0.2, 0) is 0 Å². The monoisotopic (exact) mass is 255 g/mol. The summed E-state index contributed by atoms with van der Waals surface area (Å²) in [4.78, 5) is 6.56. The number of rotatable bonds is 2. The van der Waals surface area contributed by atoms with Crippen LogP contribution >= 0.6 is 0 Å². The lowest BCUT2D eigenvalue weighted by molar-refractivity contribution is 0.602. The quantitative estimate of drug-likeness (QED) is 0.887. The summed E-state index contributed by atoms with van der Waals surface area (Å²) in [6.45, 7) is 1.02. The number of nitrogens with zero attached hydrogens (tertiary/aromatic N) is 4. The van der Waals surface area contributed by atoms with Crippen molar-refractivity contribution in [1.82, 2.24) is 14.7 Å². The van der Waals surface area contributed by atoms with E-state index >= 15 is 0 Å². The van der Waals surface area contributed by atoms with Crippen LogP contribution in [0.4, 0.5) is 5.69 Å². The highest BCUT2D eigenvalue weighted by Crippen LogP contribution is 2.26. The van der Waals surface area contributed by atoms with Gasteiger partial charge >= 0.3 is 0 Å². The molecule has 0 bridgehead atoms. The Morgan fingerprint density at radius 3 is 2.95 bits per heavy atom. The second-order valence-electron chi connectivity index (χ2n) is 5.12. The molecule has 1 aliphatic heterocycles. The van der Waals surface area contributed by atoms with Gasteiger partial charge in [-0.2, -0.15) is 5.26 Å². The Balaban J connectivity index is 2.19. The molecule has 1 fully saturated rings. The number of fused-ring (bicyclic) bond motifs is 1. The van der Waals surface area contributed by atoms with Gasteiger partial charge in [0, 0.05) is 20.3 Å². The van der Waals surface area contributed by atoms with Crippen molar-refractivity contribution in [2.45, 2.75) is 18.9 Å². The van der Waals surface area contributed by atoms with E-state index in [2.05, 4.69) is 31.9 Å². The molecule has 1 atom stereocenters. The molecule has 2 aromatic rings. The second-order valence-corrected chi connectivity index (χ2v) is 5.12. The molecule has 0 spiro atoms. The van der Waals surface area contributed by atoms with Gasteiger partial charge < -0.3 is 10.2 Å².